The Morgan fingerprint density at radius 2 is 1.94 bits per heavy atom. The van der Waals surface area contributed by atoms with Gasteiger partial charge < -0.3 is 5.21 Å². The molecule has 0 bridgehead atoms. The second-order valence-electron chi connectivity index (χ2n) is 2.96. The van der Waals surface area contributed by atoms with Crippen LogP contribution in [0, 0.1) is 0 Å². The van der Waals surface area contributed by atoms with Crippen molar-refractivity contribution in [3.8, 4) is 5.69 Å². The molecule has 1 aromatic heterocycles. The summed E-state index contributed by atoms with van der Waals surface area (Å²) in [7, 11) is 0. The van der Waals surface area contributed by atoms with Gasteiger partial charge in [-0.25, -0.2) is 4.68 Å². The summed E-state index contributed by atoms with van der Waals surface area (Å²) >= 11 is 11.7. The van der Waals surface area contributed by atoms with E-state index in [1.807, 2.05) is 0 Å². The van der Waals surface area contributed by atoms with Crippen LogP contribution in [-0.2, 0) is 0 Å². The average molecular weight is 257 g/mol. The molecule has 0 fully saturated rings. The zero-order valence-electron chi connectivity index (χ0n) is 7.88. The third kappa shape index (κ3) is 2.32. The average Bonchev–Trinajstić information content (AvgIpc) is 2.65. The first-order chi connectivity index (χ1) is 7.69. The predicted molar refractivity (Wildman–Crippen MR) is 60.8 cm³/mol. The van der Waals surface area contributed by atoms with E-state index in [2.05, 4.69) is 15.5 Å². The van der Waals surface area contributed by atoms with Crippen molar-refractivity contribution >= 4 is 29.4 Å². The maximum absolute atomic E-state index is 8.34. The Hall–Kier alpha value is -1.59. The van der Waals surface area contributed by atoms with Gasteiger partial charge in [-0.3, -0.25) is 0 Å². The highest BCUT2D eigenvalue weighted by atomic mass is 35.5. The van der Waals surface area contributed by atoms with Crippen LogP contribution in [0.15, 0.2) is 29.6 Å². The molecule has 0 saturated carbocycles. The third-order valence-electron chi connectivity index (χ3n) is 1.81. The van der Waals surface area contributed by atoms with E-state index < -0.39 is 0 Å². The molecule has 16 heavy (non-hydrogen) atoms. The van der Waals surface area contributed by atoms with Gasteiger partial charge in [-0.05, 0) is 18.2 Å². The lowest BCUT2D eigenvalue weighted by molar-refractivity contribution is 0.321. The molecule has 0 spiro atoms. The summed E-state index contributed by atoms with van der Waals surface area (Å²) in [5.41, 5.74) is 1.11. The van der Waals surface area contributed by atoms with Crippen molar-refractivity contribution in [2.75, 3.05) is 0 Å². The molecule has 0 aliphatic carbocycles. The van der Waals surface area contributed by atoms with Crippen LogP contribution >= 0.6 is 23.2 Å². The highest BCUT2D eigenvalue weighted by molar-refractivity contribution is 6.34. The summed E-state index contributed by atoms with van der Waals surface area (Å²) in [6, 6.07) is 5.02. The van der Waals surface area contributed by atoms with Gasteiger partial charge in [0.25, 0.3) is 0 Å². The van der Waals surface area contributed by atoms with E-state index in [0.717, 1.165) is 0 Å². The Kier molecular flexibility index (Phi) is 3.07. The Balaban J connectivity index is 2.42. The van der Waals surface area contributed by atoms with E-state index in [0.29, 0.717) is 21.4 Å². The van der Waals surface area contributed by atoms with Crippen LogP contribution in [0.4, 0.5) is 0 Å². The normalized spacial score (nSPS) is 11.1. The van der Waals surface area contributed by atoms with Gasteiger partial charge in [0.2, 0.25) is 0 Å². The molecular weight excluding hydrogens is 251 g/mol. The second-order valence-corrected chi connectivity index (χ2v) is 3.83. The number of nitrogens with zero attached hydrogens (tertiary/aromatic N) is 4. The Morgan fingerprint density at radius 3 is 2.56 bits per heavy atom. The Morgan fingerprint density at radius 1 is 1.25 bits per heavy atom. The fourth-order valence-electron chi connectivity index (χ4n) is 1.19. The summed E-state index contributed by atoms with van der Waals surface area (Å²) in [5, 5.41) is 19.8. The molecule has 82 valence electrons. The predicted octanol–water partition coefficient (Wildman–Crippen LogP) is 2.38. The largest absolute Gasteiger partial charge is 0.411 e. The molecule has 5 nitrogen and oxygen atoms in total. The van der Waals surface area contributed by atoms with E-state index in [1.165, 1.54) is 10.9 Å². The highest BCUT2D eigenvalue weighted by Crippen LogP contribution is 2.21. The van der Waals surface area contributed by atoms with Crippen molar-refractivity contribution in [1.82, 2.24) is 15.0 Å². The Labute approximate surface area is 101 Å². The smallest absolute Gasteiger partial charge is 0.127 e. The summed E-state index contributed by atoms with van der Waals surface area (Å²) in [4.78, 5) is 0. The molecule has 0 saturated heterocycles. The minimum absolute atomic E-state index is 0.429. The molecule has 2 rings (SSSR count). The molecule has 7 heteroatoms. The first kappa shape index (κ1) is 10.9. The quantitative estimate of drug-likeness (QED) is 0.510. The van der Waals surface area contributed by atoms with Gasteiger partial charge in [-0.2, -0.15) is 0 Å². The van der Waals surface area contributed by atoms with Crippen LogP contribution in [0.3, 0.4) is 0 Å². The molecule has 1 heterocycles. The molecule has 1 aromatic carbocycles. The molecule has 0 aliphatic heterocycles. The van der Waals surface area contributed by atoms with Gasteiger partial charge >= 0.3 is 0 Å². The standard InChI is InChI=1S/C9H6Cl2N4O/c10-6-1-7(11)3-9(2-6)15-5-8(4-12-16)13-14-15/h1-5,16H/b12-4+. The number of halogens is 2. The molecule has 0 radical (unpaired) electrons. The van der Waals surface area contributed by atoms with Gasteiger partial charge in [-0.15, -0.1) is 5.10 Å². The monoisotopic (exact) mass is 256 g/mol. The van der Waals surface area contributed by atoms with Crippen LogP contribution in [-0.4, -0.2) is 26.4 Å². The summed E-state index contributed by atoms with van der Waals surface area (Å²) < 4.78 is 1.48. The summed E-state index contributed by atoms with van der Waals surface area (Å²) in [6.07, 6.45) is 2.76. The summed E-state index contributed by atoms with van der Waals surface area (Å²) in [6.45, 7) is 0. The SMILES string of the molecule is O/N=C/c1cn(-c2cc(Cl)cc(Cl)c2)nn1. The molecule has 0 amide bonds. The van der Waals surface area contributed by atoms with E-state index in [1.54, 1.807) is 24.4 Å². The maximum Gasteiger partial charge on any atom is 0.127 e. The van der Waals surface area contributed by atoms with Crippen LogP contribution in [0.2, 0.25) is 10.0 Å². The zero-order valence-corrected chi connectivity index (χ0v) is 9.39. The van der Waals surface area contributed by atoms with Crippen molar-refractivity contribution < 1.29 is 5.21 Å². The molecule has 0 atom stereocenters. The van der Waals surface area contributed by atoms with Crippen molar-refractivity contribution in [3.05, 3.63) is 40.1 Å². The van der Waals surface area contributed by atoms with E-state index in [4.69, 9.17) is 28.4 Å². The van der Waals surface area contributed by atoms with E-state index in [9.17, 15) is 0 Å². The lowest BCUT2D eigenvalue weighted by atomic mass is 10.3. The summed E-state index contributed by atoms with van der Waals surface area (Å²) in [5.74, 6) is 0. The second kappa shape index (κ2) is 4.51. The van der Waals surface area contributed by atoms with Gasteiger partial charge in [0, 0.05) is 10.0 Å². The molecular formula is C9H6Cl2N4O. The minimum atomic E-state index is 0.429. The van der Waals surface area contributed by atoms with Crippen molar-refractivity contribution in [2.45, 2.75) is 0 Å². The first-order valence-corrected chi connectivity index (χ1v) is 5.01. The lowest BCUT2D eigenvalue weighted by Crippen LogP contribution is -1.94. The lowest BCUT2D eigenvalue weighted by Gasteiger charge is -2.01. The number of hydrogen-bond acceptors (Lipinski definition) is 4. The van der Waals surface area contributed by atoms with Crippen LogP contribution < -0.4 is 0 Å². The molecule has 1 N–H and O–H groups in total. The van der Waals surface area contributed by atoms with Crippen molar-refractivity contribution in [2.24, 2.45) is 5.16 Å². The van der Waals surface area contributed by atoms with Gasteiger partial charge in [-0.1, -0.05) is 33.6 Å². The highest BCUT2D eigenvalue weighted by Gasteiger charge is 2.03. The molecule has 0 aliphatic rings. The molecule has 2 aromatic rings. The Bertz CT molecular complexity index is 518. The van der Waals surface area contributed by atoms with Crippen LogP contribution in [0.1, 0.15) is 5.69 Å². The van der Waals surface area contributed by atoms with Crippen LogP contribution in [0.5, 0.6) is 0 Å². The number of rotatable bonds is 2. The van der Waals surface area contributed by atoms with Gasteiger partial charge in [0.15, 0.2) is 0 Å². The zero-order chi connectivity index (χ0) is 11.5. The van der Waals surface area contributed by atoms with E-state index >= 15 is 0 Å². The van der Waals surface area contributed by atoms with Crippen molar-refractivity contribution in [1.29, 1.82) is 0 Å². The maximum atomic E-state index is 8.34. The topological polar surface area (TPSA) is 63.3 Å². The molecule has 0 unspecified atom stereocenters. The van der Waals surface area contributed by atoms with Crippen molar-refractivity contribution in [3.63, 3.8) is 0 Å². The number of oxime groups is 1. The fourth-order valence-corrected chi connectivity index (χ4v) is 1.71. The third-order valence-corrected chi connectivity index (χ3v) is 2.25. The van der Waals surface area contributed by atoms with Gasteiger partial charge in [0.1, 0.15) is 5.69 Å². The van der Waals surface area contributed by atoms with E-state index in [-0.39, 0.29) is 0 Å². The number of aromatic nitrogens is 3. The van der Waals surface area contributed by atoms with Gasteiger partial charge in [0.05, 0.1) is 18.1 Å². The first-order valence-electron chi connectivity index (χ1n) is 4.25. The number of hydrogen-bond donors (Lipinski definition) is 1. The fraction of sp³-hybridized carbons (Fsp3) is 0. The minimum Gasteiger partial charge on any atom is -0.411 e. The number of benzene rings is 1. The van der Waals surface area contributed by atoms with Crippen LogP contribution in [0.25, 0.3) is 5.69 Å².